The van der Waals surface area contributed by atoms with Crippen molar-refractivity contribution in [1.82, 2.24) is 10.2 Å². The van der Waals surface area contributed by atoms with Crippen LogP contribution in [0.25, 0.3) is 12.2 Å². The highest BCUT2D eigenvalue weighted by Gasteiger charge is 1.92. The molecule has 0 aliphatic carbocycles. The van der Waals surface area contributed by atoms with Gasteiger partial charge in [-0.05, 0) is 12.1 Å². The Labute approximate surface area is 73.7 Å². The van der Waals surface area contributed by atoms with Gasteiger partial charge >= 0.3 is 0 Å². The lowest BCUT2D eigenvalue weighted by molar-refractivity contribution is 1.01. The second-order valence-electron chi connectivity index (χ2n) is 1.78. The quantitative estimate of drug-likeness (QED) is 0.668. The fourth-order valence-corrected chi connectivity index (χ4v) is 0.684. The monoisotopic (exact) mass is 162 g/mol. The van der Waals surface area contributed by atoms with E-state index in [1.54, 1.807) is 18.3 Å². The molecule has 0 aliphatic heterocycles. The molecule has 2 heteroatoms. The summed E-state index contributed by atoms with van der Waals surface area (Å²) in [5.74, 6) is 0. The van der Waals surface area contributed by atoms with Crippen LogP contribution in [0.5, 0.6) is 0 Å². The minimum absolute atomic E-state index is 0.775. The van der Waals surface area contributed by atoms with E-state index < -0.39 is 0 Å². The lowest BCUT2D eigenvalue weighted by Gasteiger charge is -1.94. The predicted octanol–water partition coefficient (Wildman–Crippen LogP) is 2.79. The summed E-state index contributed by atoms with van der Waals surface area (Å²) in [7, 11) is 0. The number of hydrogen-bond acceptors (Lipinski definition) is 2. The Kier molecular flexibility index (Phi) is 5.53. The summed E-state index contributed by atoms with van der Waals surface area (Å²) in [6.07, 6.45) is 5.01. The Bertz CT molecular complexity index is 227. The van der Waals surface area contributed by atoms with Crippen molar-refractivity contribution >= 4 is 12.2 Å². The van der Waals surface area contributed by atoms with Crippen molar-refractivity contribution in [2.24, 2.45) is 0 Å². The fraction of sp³-hybridized carbons (Fsp3) is 0.200. The molecule has 12 heavy (non-hydrogen) atoms. The van der Waals surface area contributed by atoms with Gasteiger partial charge in [-0.1, -0.05) is 33.1 Å². The van der Waals surface area contributed by atoms with E-state index in [0.29, 0.717) is 0 Å². The van der Waals surface area contributed by atoms with E-state index in [1.165, 1.54) is 0 Å². The first-order valence-electron chi connectivity index (χ1n) is 3.95. The second-order valence-corrected chi connectivity index (χ2v) is 1.78. The Morgan fingerprint density at radius 3 is 2.33 bits per heavy atom. The fourth-order valence-electron chi connectivity index (χ4n) is 0.684. The summed E-state index contributed by atoms with van der Waals surface area (Å²) < 4.78 is 0. The molecule has 0 aromatic carbocycles. The molecule has 0 radical (unpaired) electrons. The van der Waals surface area contributed by atoms with Gasteiger partial charge in [-0.15, -0.1) is 0 Å². The maximum Gasteiger partial charge on any atom is 0.0923 e. The average Bonchev–Trinajstić information content (AvgIpc) is 2.20. The van der Waals surface area contributed by atoms with E-state index in [4.69, 9.17) is 0 Å². The van der Waals surface area contributed by atoms with Crippen LogP contribution in [0.15, 0.2) is 25.4 Å². The minimum Gasteiger partial charge on any atom is -0.159 e. The Morgan fingerprint density at radius 1 is 1.25 bits per heavy atom. The van der Waals surface area contributed by atoms with E-state index in [9.17, 15) is 0 Å². The highest BCUT2D eigenvalue weighted by atomic mass is 15.1. The number of nitrogens with zero attached hydrogens (tertiary/aromatic N) is 2. The van der Waals surface area contributed by atoms with Gasteiger partial charge in [-0.25, -0.2) is 0 Å². The first-order valence-corrected chi connectivity index (χ1v) is 3.95. The van der Waals surface area contributed by atoms with Crippen molar-refractivity contribution in [2.75, 3.05) is 0 Å². The van der Waals surface area contributed by atoms with E-state index in [-0.39, 0.29) is 0 Å². The maximum atomic E-state index is 3.83. The van der Waals surface area contributed by atoms with Gasteiger partial charge in [0.25, 0.3) is 0 Å². The van der Waals surface area contributed by atoms with Crippen LogP contribution in [0.1, 0.15) is 25.1 Å². The summed E-state index contributed by atoms with van der Waals surface area (Å²) in [5, 5.41) is 7.52. The van der Waals surface area contributed by atoms with Gasteiger partial charge in [0.1, 0.15) is 0 Å². The van der Waals surface area contributed by atoms with Crippen LogP contribution in [0.4, 0.5) is 0 Å². The molecule has 0 saturated heterocycles. The van der Waals surface area contributed by atoms with Crippen molar-refractivity contribution < 1.29 is 0 Å². The van der Waals surface area contributed by atoms with Crippen molar-refractivity contribution in [3.63, 3.8) is 0 Å². The van der Waals surface area contributed by atoms with Crippen LogP contribution < -0.4 is 0 Å². The average molecular weight is 162 g/mol. The molecular formula is C10H14N2. The molecule has 2 nitrogen and oxygen atoms in total. The zero-order valence-electron chi connectivity index (χ0n) is 7.62. The number of rotatable bonds is 2. The molecule has 0 spiro atoms. The van der Waals surface area contributed by atoms with E-state index >= 15 is 0 Å². The smallest absolute Gasteiger partial charge is 0.0923 e. The molecular weight excluding hydrogens is 148 g/mol. The molecule has 1 heterocycles. The van der Waals surface area contributed by atoms with Crippen molar-refractivity contribution in [3.05, 3.63) is 36.7 Å². The molecule has 0 fully saturated rings. The van der Waals surface area contributed by atoms with Crippen LogP contribution in [0, 0.1) is 0 Å². The molecule has 0 atom stereocenters. The summed E-state index contributed by atoms with van der Waals surface area (Å²) in [6, 6.07) is 1.84. The standard InChI is InChI=1S/C8H8N2.C2H6/c1-3-7-5-6-9-10-8(7)4-2;1-2/h3-6H,1-2H2;1-2H3. The zero-order valence-corrected chi connectivity index (χ0v) is 7.62. The lowest BCUT2D eigenvalue weighted by Crippen LogP contribution is -1.87. The van der Waals surface area contributed by atoms with Crippen molar-refractivity contribution in [2.45, 2.75) is 13.8 Å². The molecule has 0 unspecified atom stereocenters. The summed E-state index contributed by atoms with van der Waals surface area (Å²) in [6.45, 7) is 11.2. The van der Waals surface area contributed by atoms with Crippen LogP contribution in [-0.2, 0) is 0 Å². The predicted molar refractivity (Wildman–Crippen MR) is 53.6 cm³/mol. The molecule has 1 aromatic heterocycles. The topological polar surface area (TPSA) is 25.8 Å². The summed E-state index contributed by atoms with van der Waals surface area (Å²) in [4.78, 5) is 0. The largest absolute Gasteiger partial charge is 0.159 e. The SMILES string of the molecule is C=Cc1ccnnc1C=C.CC. The van der Waals surface area contributed by atoms with Crippen LogP contribution in [-0.4, -0.2) is 10.2 Å². The molecule has 0 aliphatic rings. The van der Waals surface area contributed by atoms with Gasteiger partial charge in [-0.2, -0.15) is 10.2 Å². The molecule has 0 saturated carbocycles. The Morgan fingerprint density at radius 2 is 1.92 bits per heavy atom. The van der Waals surface area contributed by atoms with Crippen molar-refractivity contribution in [3.8, 4) is 0 Å². The second kappa shape index (κ2) is 6.28. The highest BCUT2D eigenvalue weighted by molar-refractivity contribution is 5.59. The third kappa shape index (κ3) is 2.66. The zero-order chi connectivity index (χ0) is 9.40. The Hall–Kier alpha value is -1.44. The molecule has 64 valence electrons. The van der Waals surface area contributed by atoms with Gasteiger partial charge in [0, 0.05) is 5.56 Å². The van der Waals surface area contributed by atoms with E-state index in [0.717, 1.165) is 11.3 Å². The van der Waals surface area contributed by atoms with Crippen LogP contribution in [0.3, 0.4) is 0 Å². The van der Waals surface area contributed by atoms with Gasteiger partial charge in [0.05, 0.1) is 11.9 Å². The molecule has 0 bridgehead atoms. The normalized spacial score (nSPS) is 7.83. The first kappa shape index (κ1) is 10.6. The van der Waals surface area contributed by atoms with Gasteiger partial charge in [-0.3, -0.25) is 0 Å². The minimum atomic E-state index is 0.775. The number of hydrogen-bond donors (Lipinski definition) is 0. The third-order valence-corrected chi connectivity index (χ3v) is 1.20. The first-order chi connectivity index (χ1) is 5.88. The summed E-state index contributed by atoms with van der Waals surface area (Å²) in [5.41, 5.74) is 1.74. The molecule has 1 aromatic rings. The molecule has 1 rings (SSSR count). The van der Waals surface area contributed by atoms with Gasteiger partial charge in [0.15, 0.2) is 0 Å². The van der Waals surface area contributed by atoms with Crippen LogP contribution in [0.2, 0.25) is 0 Å². The number of aromatic nitrogens is 2. The molecule has 0 N–H and O–H groups in total. The lowest BCUT2D eigenvalue weighted by atomic mass is 10.2. The van der Waals surface area contributed by atoms with Gasteiger partial charge in [0.2, 0.25) is 0 Å². The van der Waals surface area contributed by atoms with Crippen molar-refractivity contribution in [1.29, 1.82) is 0 Å². The Balaban J connectivity index is 0.000000561. The van der Waals surface area contributed by atoms with Gasteiger partial charge < -0.3 is 0 Å². The summed E-state index contributed by atoms with van der Waals surface area (Å²) >= 11 is 0. The molecule has 0 amide bonds. The van der Waals surface area contributed by atoms with E-state index in [1.807, 2.05) is 19.9 Å². The third-order valence-electron chi connectivity index (χ3n) is 1.20. The maximum absolute atomic E-state index is 3.83. The van der Waals surface area contributed by atoms with Crippen LogP contribution >= 0.6 is 0 Å². The highest BCUT2D eigenvalue weighted by Crippen LogP contribution is 2.05. The van der Waals surface area contributed by atoms with E-state index in [2.05, 4.69) is 23.4 Å².